The van der Waals surface area contributed by atoms with Gasteiger partial charge in [-0.2, -0.15) is 8.78 Å². The van der Waals surface area contributed by atoms with Crippen molar-refractivity contribution in [3.05, 3.63) is 29.8 Å². The first-order valence-corrected chi connectivity index (χ1v) is 5.70. The van der Waals surface area contributed by atoms with E-state index in [4.69, 9.17) is 5.84 Å². The van der Waals surface area contributed by atoms with Gasteiger partial charge < -0.3 is 4.74 Å². The molecule has 1 aromatic carbocycles. The van der Waals surface area contributed by atoms with Gasteiger partial charge in [0.25, 0.3) is 0 Å². The molecular formula is C12H16F2N2O. The normalized spacial score (nSPS) is 17.2. The largest absolute Gasteiger partial charge is 0.435 e. The molecule has 94 valence electrons. The van der Waals surface area contributed by atoms with E-state index in [2.05, 4.69) is 10.2 Å². The van der Waals surface area contributed by atoms with Crippen LogP contribution in [0.1, 0.15) is 30.9 Å². The van der Waals surface area contributed by atoms with Crippen molar-refractivity contribution in [3.8, 4) is 5.75 Å². The van der Waals surface area contributed by atoms with Crippen molar-refractivity contribution in [1.82, 2.24) is 5.43 Å². The second-order valence-electron chi connectivity index (χ2n) is 4.35. The summed E-state index contributed by atoms with van der Waals surface area (Å²) < 4.78 is 28.2. The summed E-state index contributed by atoms with van der Waals surface area (Å²) in [6.45, 7) is -2.78. The van der Waals surface area contributed by atoms with Crippen molar-refractivity contribution in [2.45, 2.75) is 31.9 Å². The number of hydrogen-bond acceptors (Lipinski definition) is 3. The average Bonchev–Trinajstić information content (AvgIpc) is 3.10. The Hall–Kier alpha value is -1.20. The number of benzene rings is 1. The number of nitrogens with two attached hydrogens (primary N) is 1. The molecule has 3 N–H and O–H groups in total. The van der Waals surface area contributed by atoms with Gasteiger partial charge in [0, 0.05) is 6.04 Å². The first-order chi connectivity index (χ1) is 8.19. The highest BCUT2D eigenvalue weighted by Gasteiger charge is 2.25. The number of hydrazine groups is 1. The van der Waals surface area contributed by atoms with E-state index in [1.54, 1.807) is 24.3 Å². The Kier molecular flexibility index (Phi) is 3.91. The SMILES string of the molecule is NNC(CC1CC1)c1ccc(OC(F)F)cc1. The summed E-state index contributed by atoms with van der Waals surface area (Å²) in [5.41, 5.74) is 3.76. The van der Waals surface area contributed by atoms with Crippen LogP contribution < -0.4 is 16.0 Å². The monoisotopic (exact) mass is 242 g/mol. The number of rotatable bonds is 6. The van der Waals surface area contributed by atoms with E-state index in [9.17, 15) is 8.78 Å². The molecule has 2 rings (SSSR count). The Morgan fingerprint density at radius 2 is 1.94 bits per heavy atom. The fourth-order valence-corrected chi connectivity index (χ4v) is 1.87. The third kappa shape index (κ3) is 3.64. The lowest BCUT2D eigenvalue weighted by molar-refractivity contribution is -0.0498. The Balaban J connectivity index is 1.99. The molecule has 0 amide bonds. The third-order valence-corrected chi connectivity index (χ3v) is 2.97. The van der Waals surface area contributed by atoms with Gasteiger partial charge in [-0.05, 0) is 30.0 Å². The number of ether oxygens (including phenoxy) is 1. The second-order valence-corrected chi connectivity index (χ2v) is 4.35. The first kappa shape index (κ1) is 12.3. The zero-order chi connectivity index (χ0) is 12.3. The van der Waals surface area contributed by atoms with Crippen LogP contribution in [0.3, 0.4) is 0 Å². The minimum absolute atomic E-state index is 0.0862. The predicted molar refractivity (Wildman–Crippen MR) is 60.5 cm³/mol. The van der Waals surface area contributed by atoms with Gasteiger partial charge in [-0.25, -0.2) is 0 Å². The van der Waals surface area contributed by atoms with E-state index < -0.39 is 6.61 Å². The summed E-state index contributed by atoms with van der Waals surface area (Å²) in [4.78, 5) is 0. The summed E-state index contributed by atoms with van der Waals surface area (Å²) in [5.74, 6) is 6.41. The molecule has 0 spiro atoms. The number of hydrogen-bond donors (Lipinski definition) is 2. The van der Waals surface area contributed by atoms with Gasteiger partial charge in [-0.15, -0.1) is 0 Å². The van der Waals surface area contributed by atoms with Gasteiger partial charge in [0.1, 0.15) is 5.75 Å². The molecule has 0 aromatic heterocycles. The van der Waals surface area contributed by atoms with Crippen molar-refractivity contribution in [1.29, 1.82) is 0 Å². The number of alkyl halides is 2. The lowest BCUT2D eigenvalue weighted by Gasteiger charge is -2.16. The van der Waals surface area contributed by atoms with Crippen molar-refractivity contribution < 1.29 is 13.5 Å². The van der Waals surface area contributed by atoms with Crippen LogP contribution in [0.25, 0.3) is 0 Å². The zero-order valence-electron chi connectivity index (χ0n) is 9.40. The van der Waals surface area contributed by atoms with Crippen molar-refractivity contribution in [3.63, 3.8) is 0 Å². The summed E-state index contributed by atoms with van der Waals surface area (Å²) in [6.07, 6.45) is 3.50. The molecule has 0 saturated heterocycles. The molecule has 17 heavy (non-hydrogen) atoms. The molecule has 1 fully saturated rings. The molecule has 0 radical (unpaired) electrons. The zero-order valence-corrected chi connectivity index (χ0v) is 9.40. The molecule has 0 heterocycles. The Morgan fingerprint density at radius 1 is 1.29 bits per heavy atom. The molecule has 1 atom stereocenters. The standard InChI is InChI=1S/C12H16F2N2O/c13-12(14)17-10-5-3-9(4-6-10)11(16-15)7-8-1-2-8/h3-6,8,11-12,16H,1-2,7,15H2. The highest BCUT2D eigenvalue weighted by Crippen LogP contribution is 2.37. The molecule has 1 aliphatic rings. The molecule has 0 bridgehead atoms. The summed E-state index contributed by atoms with van der Waals surface area (Å²) in [6, 6.07) is 6.70. The first-order valence-electron chi connectivity index (χ1n) is 5.70. The molecule has 1 unspecified atom stereocenters. The predicted octanol–water partition coefficient (Wildman–Crippen LogP) is 2.59. The van der Waals surface area contributed by atoms with Gasteiger partial charge in [-0.3, -0.25) is 11.3 Å². The van der Waals surface area contributed by atoms with Gasteiger partial charge in [0.15, 0.2) is 0 Å². The summed E-state index contributed by atoms with van der Waals surface area (Å²) in [5, 5.41) is 0. The summed E-state index contributed by atoms with van der Waals surface area (Å²) in [7, 11) is 0. The molecule has 5 heteroatoms. The topological polar surface area (TPSA) is 47.3 Å². The minimum atomic E-state index is -2.78. The lowest BCUT2D eigenvalue weighted by Crippen LogP contribution is -2.28. The van der Waals surface area contributed by atoms with Crippen LogP contribution in [0.5, 0.6) is 5.75 Å². The smallest absolute Gasteiger partial charge is 0.387 e. The molecule has 1 saturated carbocycles. The van der Waals surface area contributed by atoms with Crippen LogP contribution in [-0.2, 0) is 0 Å². The fraction of sp³-hybridized carbons (Fsp3) is 0.500. The van der Waals surface area contributed by atoms with Crippen LogP contribution in [0.2, 0.25) is 0 Å². The van der Waals surface area contributed by atoms with Crippen LogP contribution >= 0.6 is 0 Å². The van der Waals surface area contributed by atoms with Crippen LogP contribution in [-0.4, -0.2) is 6.61 Å². The highest BCUT2D eigenvalue weighted by atomic mass is 19.3. The highest BCUT2D eigenvalue weighted by molar-refractivity contribution is 5.29. The van der Waals surface area contributed by atoms with E-state index in [1.165, 1.54) is 12.8 Å². The second kappa shape index (κ2) is 5.42. The third-order valence-electron chi connectivity index (χ3n) is 2.97. The maximum Gasteiger partial charge on any atom is 0.387 e. The van der Waals surface area contributed by atoms with E-state index >= 15 is 0 Å². The number of nitrogens with one attached hydrogen (secondary N) is 1. The fourth-order valence-electron chi connectivity index (χ4n) is 1.87. The Labute approximate surface area is 98.9 Å². The lowest BCUT2D eigenvalue weighted by atomic mass is 10.0. The van der Waals surface area contributed by atoms with Crippen molar-refractivity contribution >= 4 is 0 Å². The van der Waals surface area contributed by atoms with Crippen LogP contribution in [0.15, 0.2) is 24.3 Å². The average molecular weight is 242 g/mol. The van der Waals surface area contributed by atoms with Gasteiger partial charge in [0.2, 0.25) is 0 Å². The maximum absolute atomic E-state index is 12.0. The van der Waals surface area contributed by atoms with E-state index in [1.807, 2.05) is 0 Å². The van der Waals surface area contributed by atoms with Crippen molar-refractivity contribution in [2.24, 2.45) is 11.8 Å². The Morgan fingerprint density at radius 3 is 2.41 bits per heavy atom. The minimum Gasteiger partial charge on any atom is -0.435 e. The van der Waals surface area contributed by atoms with E-state index in [0.29, 0.717) is 0 Å². The van der Waals surface area contributed by atoms with E-state index in [0.717, 1.165) is 17.9 Å². The Bertz CT molecular complexity index is 352. The molecule has 1 aromatic rings. The van der Waals surface area contributed by atoms with Gasteiger partial charge >= 0.3 is 6.61 Å². The molecule has 1 aliphatic carbocycles. The van der Waals surface area contributed by atoms with Crippen LogP contribution in [0.4, 0.5) is 8.78 Å². The van der Waals surface area contributed by atoms with Gasteiger partial charge in [-0.1, -0.05) is 25.0 Å². The molecular weight excluding hydrogens is 226 g/mol. The summed E-state index contributed by atoms with van der Waals surface area (Å²) >= 11 is 0. The van der Waals surface area contributed by atoms with E-state index in [-0.39, 0.29) is 11.8 Å². The molecule has 0 aliphatic heterocycles. The number of halogens is 2. The maximum atomic E-state index is 12.0. The van der Waals surface area contributed by atoms with Crippen molar-refractivity contribution in [2.75, 3.05) is 0 Å². The van der Waals surface area contributed by atoms with Gasteiger partial charge in [0.05, 0.1) is 0 Å². The quantitative estimate of drug-likeness (QED) is 0.595. The molecule has 3 nitrogen and oxygen atoms in total. The van der Waals surface area contributed by atoms with Crippen LogP contribution in [0, 0.1) is 5.92 Å².